The maximum absolute atomic E-state index is 13.5. The van der Waals surface area contributed by atoms with E-state index in [9.17, 15) is 31.2 Å². The summed E-state index contributed by atoms with van der Waals surface area (Å²) in [5.74, 6) is -1.14. The quantitative estimate of drug-likeness (QED) is 0.700. The number of likely N-dealkylation sites (N-methyl/N-ethyl adjacent to an activating group) is 1. The molecular formula is C23H16F3NO4S. The van der Waals surface area contributed by atoms with Crippen molar-refractivity contribution in [3.63, 3.8) is 0 Å². The first-order valence-electron chi connectivity index (χ1n) is 9.41. The number of sulfone groups is 1. The van der Waals surface area contributed by atoms with Crippen LogP contribution in [0.2, 0.25) is 0 Å². The second kappa shape index (κ2) is 7.30. The molecule has 0 saturated heterocycles. The van der Waals surface area contributed by atoms with Crippen molar-refractivity contribution < 1.29 is 31.2 Å². The largest absolute Gasteiger partial charge is 0.416 e. The van der Waals surface area contributed by atoms with Crippen molar-refractivity contribution in [2.45, 2.75) is 16.6 Å². The Morgan fingerprint density at radius 3 is 1.97 bits per heavy atom. The normalized spacial score (nSPS) is 18.2. The smallest absolute Gasteiger partial charge is 0.324 e. The number of ketones is 1. The lowest BCUT2D eigenvalue weighted by molar-refractivity contribution is -0.137. The summed E-state index contributed by atoms with van der Waals surface area (Å²) in [6.07, 6.45) is 0.769. The Kier molecular flexibility index (Phi) is 4.97. The fourth-order valence-electron chi connectivity index (χ4n) is 3.85. The van der Waals surface area contributed by atoms with E-state index in [1.165, 1.54) is 36.3 Å². The number of carbonyl (C=O) groups is 2. The number of benzene rings is 2. The minimum Gasteiger partial charge on any atom is -0.324 e. The number of carbonyl (C=O) groups excluding carboxylic acids is 2. The van der Waals surface area contributed by atoms with Crippen LogP contribution in [0.1, 0.15) is 11.1 Å². The van der Waals surface area contributed by atoms with Gasteiger partial charge in [-0.15, -0.1) is 0 Å². The van der Waals surface area contributed by atoms with E-state index in [2.05, 4.69) is 0 Å². The van der Waals surface area contributed by atoms with E-state index in [1.54, 1.807) is 30.3 Å². The zero-order valence-electron chi connectivity index (χ0n) is 16.6. The van der Waals surface area contributed by atoms with E-state index in [4.69, 9.17) is 0 Å². The highest BCUT2D eigenvalue weighted by Gasteiger charge is 2.52. The van der Waals surface area contributed by atoms with Crippen LogP contribution >= 0.6 is 0 Å². The Morgan fingerprint density at radius 2 is 1.44 bits per heavy atom. The molecule has 1 amide bonds. The number of amides is 1. The predicted molar refractivity (Wildman–Crippen MR) is 111 cm³/mol. The minimum atomic E-state index is -4.63. The summed E-state index contributed by atoms with van der Waals surface area (Å²) in [4.78, 5) is 25.2. The van der Waals surface area contributed by atoms with Crippen molar-refractivity contribution in [1.82, 2.24) is 4.90 Å². The third kappa shape index (κ3) is 3.29. The van der Waals surface area contributed by atoms with Gasteiger partial charge in [-0.3, -0.25) is 9.59 Å². The third-order valence-electron chi connectivity index (χ3n) is 5.51. The molecule has 164 valence electrons. The lowest BCUT2D eigenvalue weighted by Gasteiger charge is -2.34. The highest BCUT2D eigenvalue weighted by molar-refractivity contribution is 7.96. The lowest BCUT2D eigenvalue weighted by Crippen LogP contribution is -2.43. The van der Waals surface area contributed by atoms with Gasteiger partial charge in [0, 0.05) is 12.6 Å². The number of rotatable bonds is 3. The molecule has 0 aromatic heterocycles. The van der Waals surface area contributed by atoms with E-state index in [0.717, 1.165) is 12.1 Å². The van der Waals surface area contributed by atoms with E-state index in [1.807, 2.05) is 0 Å². The molecule has 0 saturated carbocycles. The van der Waals surface area contributed by atoms with Crippen molar-refractivity contribution in [3.05, 3.63) is 94.9 Å². The van der Waals surface area contributed by atoms with Crippen LogP contribution in [-0.2, 0) is 25.6 Å². The van der Waals surface area contributed by atoms with Crippen LogP contribution in [0.15, 0.2) is 88.7 Å². The van der Waals surface area contributed by atoms with Crippen molar-refractivity contribution in [2.24, 2.45) is 0 Å². The summed E-state index contributed by atoms with van der Waals surface area (Å²) < 4.78 is 65.8. The topological polar surface area (TPSA) is 71.5 Å². The Balaban J connectivity index is 1.99. The van der Waals surface area contributed by atoms with Crippen molar-refractivity contribution in [3.8, 4) is 0 Å². The van der Waals surface area contributed by atoms with E-state index in [-0.39, 0.29) is 11.4 Å². The van der Waals surface area contributed by atoms with Crippen LogP contribution in [0.4, 0.5) is 13.2 Å². The van der Waals surface area contributed by atoms with Gasteiger partial charge in [0.15, 0.2) is 5.78 Å². The molecule has 2 aromatic carbocycles. The summed E-state index contributed by atoms with van der Waals surface area (Å²) in [7, 11) is -3.09. The SMILES string of the molecule is CN1C(=O)C(S(=O)(=O)c2ccc(C(F)(F)F)cc2)=C(c2ccccc2)C12C=CC(=O)C=C2. The summed E-state index contributed by atoms with van der Waals surface area (Å²) >= 11 is 0. The van der Waals surface area contributed by atoms with Crippen molar-refractivity contribution in [2.75, 3.05) is 7.05 Å². The van der Waals surface area contributed by atoms with Gasteiger partial charge in [-0.2, -0.15) is 13.2 Å². The lowest BCUT2D eigenvalue weighted by atomic mass is 9.83. The molecule has 1 aliphatic carbocycles. The maximum Gasteiger partial charge on any atom is 0.416 e. The molecule has 0 fully saturated rings. The number of alkyl halides is 3. The standard InChI is InChI=1S/C23H16F3NO4S/c1-27-21(29)20(32(30,31)18-9-7-16(8-10-18)23(24,25)26)19(15-5-3-2-4-6-15)22(27)13-11-17(28)12-14-22/h2-14H,1H3. The number of nitrogens with zero attached hydrogens (tertiary/aromatic N) is 1. The van der Waals surface area contributed by atoms with Gasteiger partial charge in [0.2, 0.25) is 9.84 Å². The van der Waals surface area contributed by atoms with Gasteiger partial charge in [-0.25, -0.2) is 8.42 Å². The molecule has 1 heterocycles. The van der Waals surface area contributed by atoms with E-state index < -0.39 is 42.8 Å². The second-order valence-corrected chi connectivity index (χ2v) is 9.24. The van der Waals surface area contributed by atoms with Crippen molar-refractivity contribution in [1.29, 1.82) is 0 Å². The highest BCUT2D eigenvalue weighted by atomic mass is 32.2. The molecular weight excluding hydrogens is 443 g/mol. The predicted octanol–water partition coefficient (Wildman–Crippen LogP) is 3.80. The third-order valence-corrected chi connectivity index (χ3v) is 7.32. The second-order valence-electron chi connectivity index (χ2n) is 7.35. The molecule has 0 unspecified atom stereocenters. The molecule has 1 spiro atoms. The van der Waals surface area contributed by atoms with Crippen LogP contribution in [-0.4, -0.2) is 37.6 Å². The summed E-state index contributed by atoms with van der Waals surface area (Å²) in [6, 6.07) is 11.3. The zero-order chi connectivity index (χ0) is 23.3. The molecule has 0 N–H and O–H groups in total. The average Bonchev–Trinajstić information content (AvgIpc) is 2.98. The molecule has 0 radical (unpaired) electrons. The van der Waals surface area contributed by atoms with Crippen LogP contribution in [0.5, 0.6) is 0 Å². The Bertz CT molecular complexity index is 1290. The monoisotopic (exact) mass is 459 g/mol. The van der Waals surface area contributed by atoms with E-state index in [0.29, 0.717) is 17.7 Å². The first-order valence-corrected chi connectivity index (χ1v) is 10.9. The van der Waals surface area contributed by atoms with Gasteiger partial charge in [0.25, 0.3) is 5.91 Å². The van der Waals surface area contributed by atoms with Gasteiger partial charge >= 0.3 is 6.18 Å². The van der Waals surface area contributed by atoms with Crippen molar-refractivity contribution >= 4 is 27.1 Å². The fraction of sp³-hybridized carbons (Fsp3) is 0.130. The summed E-state index contributed by atoms with van der Waals surface area (Å²) in [6.45, 7) is 0. The Morgan fingerprint density at radius 1 is 0.875 bits per heavy atom. The molecule has 32 heavy (non-hydrogen) atoms. The Hall–Kier alpha value is -3.46. The van der Waals surface area contributed by atoms with Crippen LogP contribution in [0.3, 0.4) is 0 Å². The number of hydrogen-bond acceptors (Lipinski definition) is 4. The molecule has 0 bridgehead atoms. The fourth-order valence-corrected chi connectivity index (χ4v) is 5.50. The molecule has 0 atom stereocenters. The summed E-state index contributed by atoms with van der Waals surface area (Å²) in [5, 5.41) is 0. The molecule has 4 rings (SSSR count). The van der Waals surface area contributed by atoms with Gasteiger partial charge in [-0.05, 0) is 54.1 Å². The van der Waals surface area contributed by atoms with E-state index >= 15 is 0 Å². The van der Waals surface area contributed by atoms with Gasteiger partial charge in [0.1, 0.15) is 10.4 Å². The minimum absolute atomic E-state index is 0.130. The van der Waals surface area contributed by atoms with Gasteiger partial charge < -0.3 is 4.90 Å². The summed E-state index contributed by atoms with van der Waals surface area (Å²) in [5.41, 5.74) is -1.78. The number of allylic oxidation sites excluding steroid dienone is 2. The molecule has 1 aliphatic heterocycles. The van der Waals surface area contributed by atoms with Crippen LogP contribution in [0, 0.1) is 0 Å². The Labute approximate surface area is 182 Å². The molecule has 5 nitrogen and oxygen atoms in total. The van der Waals surface area contributed by atoms with Gasteiger partial charge in [-0.1, -0.05) is 30.3 Å². The maximum atomic E-state index is 13.5. The number of halogens is 3. The zero-order valence-corrected chi connectivity index (χ0v) is 17.4. The molecule has 2 aromatic rings. The first kappa shape index (κ1) is 21.8. The van der Waals surface area contributed by atoms with Gasteiger partial charge in [0.05, 0.1) is 10.5 Å². The number of hydrogen-bond donors (Lipinski definition) is 0. The first-order chi connectivity index (χ1) is 15.0. The highest BCUT2D eigenvalue weighted by Crippen LogP contribution is 2.47. The average molecular weight is 459 g/mol. The molecule has 9 heteroatoms. The van der Waals surface area contributed by atoms with Crippen LogP contribution in [0.25, 0.3) is 5.57 Å². The van der Waals surface area contributed by atoms with Crippen LogP contribution < -0.4 is 0 Å². The molecule has 2 aliphatic rings.